The van der Waals surface area contributed by atoms with Crippen LogP contribution in [0.25, 0.3) is 0 Å². The summed E-state index contributed by atoms with van der Waals surface area (Å²) in [6.45, 7) is 0. The average Bonchev–Trinajstić information content (AvgIpc) is 3.46. The Morgan fingerprint density at radius 2 is 1.50 bits per heavy atom. The second-order valence-electron chi connectivity index (χ2n) is 10.6. The SMILES string of the molecule is COc1ccc([C@@H]2[C@H](C(=O)c3ccc(Cl)cc3)N3N=Cc4ccccc4[C@@H]3C23C(=O)c2ccccc2C3=O)c(OC)c1. The van der Waals surface area contributed by atoms with Gasteiger partial charge in [-0.15, -0.1) is 0 Å². The van der Waals surface area contributed by atoms with E-state index in [1.807, 2.05) is 24.3 Å². The summed E-state index contributed by atoms with van der Waals surface area (Å²) >= 11 is 6.16. The van der Waals surface area contributed by atoms with Crippen molar-refractivity contribution in [2.24, 2.45) is 10.5 Å². The molecule has 1 aliphatic carbocycles. The van der Waals surface area contributed by atoms with Crippen molar-refractivity contribution >= 4 is 35.2 Å². The fourth-order valence-corrected chi connectivity index (χ4v) is 7.11. The molecular formula is C34H25ClN2O5. The van der Waals surface area contributed by atoms with E-state index >= 15 is 0 Å². The molecule has 0 bridgehead atoms. The number of carbonyl (C=O) groups is 3. The Labute approximate surface area is 247 Å². The molecule has 7 nitrogen and oxygen atoms in total. The molecule has 0 aromatic heterocycles. The van der Waals surface area contributed by atoms with Crippen LogP contribution in [0.3, 0.4) is 0 Å². The summed E-state index contributed by atoms with van der Waals surface area (Å²) in [5, 5.41) is 6.94. The Kier molecular flexibility index (Phi) is 6.02. The van der Waals surface area contributed by atoms with Gasteiger partial charge in [0.15, 0.2) is 17.3 Å². The number of nitrogens with zero attached hydrogens (tertiary/aromatic N) is 2. The molecule has 4 aromatic carbocycles. The van der Waals surface area contributed by atoms with Crippen LogP contribution in [0.1, 0.15) is 59.7 Å². The number of rotatable bonds is 5. The Balaban J connectivity index is 1.57. The molecule has 1 saturated heterocycles. The molecular weight excluding hydrogens is 552 g/mol. The highest BCUT2D eigenvalue weighted by molar-refractivity contribution is 6.32. The number of hydrazone groups is 1. The van der Waals surface area contributed by atoms with Crippen LogP contribution in [0.15, 0.2) is 96.1 Å². The van der Waals surface area contributed by atoms with Crippen molar-refractivity contribution in [1.82, 2.24) is 5.01 Å². The number of carbonyl (C=O) groups excluding carboxylic acids is 3. The zero-order valence-corrected chi connectivity index (χ0v) is 23.5. The van der Waals surface area contributed by atoms with Crippen molar-refractivity contribution in [2.45, 2.75) is 18.0 Å². The standard InChI is InChI=1S/C34H25ClN2O5/c1-41-22-15-16-26(27(17-22)42-2)28-29(30(38)19-11-13-21(35)14-12-19)37-31(23-8-4-3-7-20(23)18-36-37)34(28)32(39)24-9-5-6-10-25(24)33(34)40/h3-18,28-29,31H,1-2H3/t28-,29-,31-/m1/s1. The molecule has 0 unspecified atom stereocenters. The van der Waals surface area contributed by atoms with Gasteiger partial charge in [-0.3, -0.25) is 19.4 Å². The van der Waals surface area contributed by atoms with Gasteiger partial charge in [-0.25, -0.2) is 0 Å². The van der Waals surface area contributed by atoms with E-state index in [1.54, 1.807) is 85.1 Å². The first-order chi connectivity index (χ1) is 20.4. The van der Waals surface area contributed by atoms with Crippen molar-refractivity contribution in [1.29, 1.82) is 0 Å². The maximum atomic E-state index is 14.9. The second-order valence-corrected chi connectivity index (χ2v) is 11.1. The predicted molar refractivity (Wildman–Crippen MR) is 158 cm³/mol. The van der Waals surface area contributed by atoms with Crippen molar-refractivity contribution < 1.29 is 23.9 Å². The lowest BCUT2D eigenvalue weighted by Gasteiger charge is -2.36. The van der Waals surface area contributed by atoms with Gasteiger partial charge in [-0.05, 0) is 41.5 Å². The normalized spacial score (nSPS) is 21.2. The van der Waals surface area contributed by atoms with Crippen LogP contribution in [0.2, 0.25) is 5.02 Å². The molecule has 208 valence electrons. The summed E-state index contributed by atoms with van der Waals surface area (Å²) < 4.78 is 11.3. The highest BCUT2D eigenvalue weighted by Crippen LogP contribution is 2.65. The van der Waals surface area contributed by atoms with Gasteiger partial charge in [0.25, 0.3) is 0 Å². The molecule has 2 aliphatic heterocycles. The van der Waals surface area contributed by atoms with Crippen molar-refractivity contribution in [2.75, 3.05) is 14.2 Å². The number of ketones is 3. The summed E-state index contributed by atoms with van der Waals surface area (Å²) in [6, 6.07) is 24.4. The molecule has 0 N–H and O–H groups in total. The van der Waals surface area contributed by atoms with Crippen LogP contribution in [0.5, 0.6) is 11.5 Å². The highest BCUT2D eigenvalue weighted by atomic mass is 35.5. The Hall–Kier alpha value is -4.75. The topological polar surface area (TPSA) is 85.3 Å². The van der Waals surface area contributed by atoms with E-state index in [4.69, 9.17) is 26.2 Å². The smallest absolute Gasteiger partial charge is 0.187 e. The molecule has 8 heteroatoms. The maximum Gasteiger partial charge on any atom is 0.187 e. The van der Waals surface area contributed by atoms with Gasteiger partial charge in [-0.2, -0.15) is 5.10 Å². The molecule has 3 atom stereocenters. The lowest BCUT2D eigenvalue weighted by atomic mass is 9.62. The average molecular weight is 577 g/mol. The molecule has 4 aromatic rings. The number of benzene rings is 4. The monoisotopic (exact) mass is 576 g/mol. The molecule has 3 aliphatic rings. The van der Waals surface area contributed by atoms with Gasteiger partial charge >= 0.3 is 0 Å². The first-order valence-corrected chi connectivity index (χ1v) is 13.9. The summed E-state index contributed by atoms with van der Waals surface area (Å²) in [4.78, 5) is 44.3. The quantitative estimate of drug-likeness (QED) is 0.209. The van der Waals surface area contributed by atoms with Gasteiger partial charge in [0, 0.05) is 39.3 Å². The maximum absolute atomic E-state index is 14.9. The number of hydrogen-bond donors (Lipinski definition) is 0. The summed E-state index contributed by atoms with van der Waals surface area (Å²) in [6.07, 6.45) is 1.69. The zero-order valence-electron chi connectivity index (χ0n) is 22.8. The first kappa shape index (κ1) is 26.2. The summed E-state index contributed by atoms with van der Waals surface area (Å²) in [7, 11) is 3.06. The van der Waals surface area contributed by atoms with E-state index in [2.05, 4.69) is 0 Å². The Morgan fingerprint density at radius 3 is 2.17 bits per heavy atom. The van der Waals surface area contributed by atoms with E-state index in [-0.39, 0.29) is 17.3 Å². The van der Waals surface area contributed by atoms with Crippen LogP contribution < -0.4 is 9.47 Å². The predicted octanol–water partition coefficient (Wildman–Crippen LogP) is 6.16. The van der Waals surface area contributed by atoms with Crippen LogP contribution >= 0.6 is 11.6 Å². The van der Waals surface area contributed by atoms with Crippen LogP contribution in [0, 0.1) is 5.41 Å². The van der Waals surface area contributed by atoms with Gasteiger partial charge in [0.05, 0.1) is 26.5 Å². The molecule has 2 heterocycles. The highest BCUT2D eigenvalue weighted by Gasteiger charge is 2.73. The lowest BCUT2D eigenvalue weighted by molar-refractivity contribution is 0.0585. The number of fused-ring (bicyclic) bond motifs is 5. The minimum absolute atomic E-state index is 0.287. The van der Waals surface area contributed by atoms with Crippen LogP contribution in [-0.2, 0) is 0 Å². The van der Waals surface area contributed by atoms with E-state index in [1.165, 1.54) is 7.11 Å². The van der Waals surface area contributed by atoms with Crippen LogP contribution in [0.4, 0.5) is 0 Å². The van der Waals surface area contributed by atoms with Crippen molar-refractivity contribution in [3.63, 3.8) is 0 Å². The number of ether oxygens (including phenoxy) is 2. The fraction of sp³-hybridized carbons (Fsp3) is 0.176. The Morgan fingerprint density at radius 1 is 0.833 bits per heavy atom. The molecule has 0 radical (unpaired) electrons. The van der Waals surface area contributed by atoms with Gasteiger partial charge < -0.3 is 9.47 Å². The lowest BCUT2D eigenvalue weighted by Crippen LogP contribution is -2.44. The van der Waals surface area contributed by atoms with E-state index in [9.17, 15) is 14.4 Å². The minimum atomic E-state index is -1.70. The largest absolute Gasteiger partial charge is 0.497 e. The Bertz CT molecular complexity index is 1780. The molecule has 1 spiro atoms. The molecule has 1 fully saturated rings. The minimum Gasteiger partial charge on any atom is -0.497 e. The molecule has 42 heavy (non-hydrogen) atoms. The van der Waals surface area contributed by atoms with E-state index in [0.29, 0.717) is 38.8 Å². The third-order valence-electron chi connectivity index (χ3n) is 8.75. The number of Topliss-reactive ketones (excluding diaryl/α,β-unsaturated/α-hetero) is 3. The van der Waals surface area contributed by atoms with E-state index < -0.39 is 23.4 Å². The third-order valence-corrected chi connectivity index (χ3v) is 9.00. The number of halogens is 1. The van der Waals surface area contributed by atoms with E-state index in [0.717, 1.165) is 11.1 Å². The van der Waals surface area contributed by atoms with Crippen LogP contribution in [-0.4, -0.2) is 48.8 Å². The first-order valence-electron chi connectivity index (χ1n) is 13.5. The number of hydrogen-bond acceptors (Lipinski definition) is 7. The van der Waals surface area contributed by atoms with Crippen molar-refractivity contribution in [3.05, 3.63) is 129 Å². The molecule has 0 amide bonds. The molecule has 0 saturated carbocycles. The second kappa shape index (κ2) is 9.67. The van der Waals surface area contributed by atoms with Gasteiger partial charge in [0.1, 0.15) is 23.0 Å². The summed E-state index contributed by atoms with van der Waals surface area (Å²) in [5.41, 5.74) is 1.45. The summed E-state index contributed by atoms with van der Waals surface area (Å²) in [5.74, 6) is -0.969. The number of methoxy groups -OCH3 is 2. The molecule has 7 rings (SSSR count). The third kappa shape index (κ3) is 3.46. The van der Waals surface area contributed by atoms with Gasteiger partial charge in [0.2, 0.25) is 0 Å². The zero-order chi connectivity index (χ0) is 29.2. The fourth-order valence-electron chi connectivity index (χ4n) is 6.98. The van der Waals surface area contributed by atoms with Crippen molar-refractivity contribution in [3.8, 4) is 11.5 Å². The van der Waals surface area contributed by atoms with Gasteiger partial charge in [-0.1, -0.05) is 66.2 Å².